The molecule has 0 saturated heterocycles. The van der Waals surface area contributed by atoms with Gasteiger partial charge in [0.05, 0.1) is 7.11 Å². The minimum atomic E-state index is -4.01. The van der Waals surface area contributed by atoms with E-state index in [2.05, 4.69) is 20.3 Å². The predicted octanol–water partition coefficient (Wildman–Crippen LogP) is 0.387. The van der Waals surface area contributed by atoms with Crippen LogP contribution in [0.4, 0.5) is 10.7 Å². The van der Waals surface area contributed by atoms with Gasteiger partial charge in [-0.25, -0.2) is 17.9 Å². The van der Waals surface area contributed by atoms with Crippen LogP contribution < -0.4 is 14.8 Å². The van der Waals surface area contributed by atoms with Crippen molar-refractivity contribution < 1.29 is 17.9 Å². The number of ether oxygens (including phenoxy) is 1. The second-order valence-corrected chi connectivity index (χ2v) is 7.00. The van der Waals surface area contributed by atoms with Gasteiger partial charge < -0.3 is 4.74 Å². The third-order valence-electron chi connectivity index (χ3n) is 2.49. The Kier molecular flexibility index (Phi) is 8.05. The zero-order chi connectivity index (χ0) is 17.0. The number of amides is 2. The summed E-state index contributed by atoms with van der Waals surface area (Å²) in [4.78, 5) is 23.4. The Morgan fingerprint density at radius 2 is 1.88 bits per heavy atom. The van der Waals surface area contributed by atoms with Gasteiger partial charge in [0.25, 0.3) is 10.0 Å². The molecule has 1 heterocycles. The van der Waals surface area contributed by atoms with Gasteiger partial charge in [-0.05, 0) is 41.6 Å². The number of methoxy groups -OCH3 is 1. The topological polar surface area (TPSA) is 123 Å². The molecule has 0 atom stereocenters. The Bertz CT molecular complexity index is 849. The van der Waals surface area contributed by atoms with Crippen LogP contribution in [-0.4, -0.2) is 74.2 Å². The number of carbonyl (C=O) groups excluding carboxylic acids is 1. The van der Waals surface area contributed by atoms with Crippen molar-refractivity contribution >= 4 is 82.3 Å². The maximum atomic E-state index is 12.2. The average molecular weight is 491 g/mol. The standard InChI is InChI=1S/C12H12IN5O4S.Ca.2H/c1-7-14-10(17-12(15-7)22-2)16-11(19)18-23(20,21)9-6-4-3-5-8(9)13;;;/h3-6H,1-2H3,(H2,14,15,16,17,18,19);;;. The molecule has 12 heteroatoms. The second kappa shape index (κ2) is 9.08. The van der Waals surface area contributed by atoms with Gasteiger partial charge in [-0.15, -0.1) is 0 Å². The number of rotatable bonds is 4. The van der Waals surface area contributed by atoms with Crippen molar-refractivity contribution in [3.05, 3.63) is 33.7 Å². The van der Waals surface area contributed by atoms with Gasteiger partial charge in [0.15, 0.2) is 0 Å². The van der Waals surface area contributed by atoms with Crippen LogP contribution in [-0.2, 0) is 10.0 Å². The van der Waals surface area contributed by atoms with Crippen molar-refractivity contribution in [2.45, 2.75) is 11.8 Å². The zero-order valence-corrected chi connectivity index (χ0v) is 15.0. The fraction of sp³-hybridized carbons (Fsp3) is 0.167. The molecule has 24 heavy (non-hydrogen) atoms. The van der Waals surface area contributed by atoms with E-state index in [-0.39, 0.29) is 54.6 Å². The minimum absolute atomic E-state index is 0. The van der Waals surface area contributed by atoms with Crippen LogP contribution in [0.1, 0.15) is 5.82 Å². The summed E-state index contributed by atoms with van der Waals surface area (Å²) in [6, 6.07) is 5.29. The molecule has 0 aliphatic rings. The van der Waals surface area contributed by atoms with Gasteiger partial charge in [0.1, 0.15) is 10.7 Å². The van der Waals surface area contributed by atoms with Crippen molar-refractivity contribution in [2.75, 3.05) is 12.4 Å². The van der Waals surface area contributed by atoms with Crippen molar-refractivity contribution in [3.8, 4) is 6.01 Å². The van der Waals surface area contributed by atoms with E-state index in [0.717, 1.165) is 0 Å². The molecule has 0 aliphatic heterocycles. The Morgan fingerprint density at radius 3 is 2.50 bits per heavy atom. The zero-order valence-electron chi connectivity index (χ0n) is 12.1. The van der Waals surface area contributed by atoms with E-state index in [1.54, 1.807) is 25.1 Å². The summed E-state index contributed by atoms with van der Waals surface area (Å²) in [5, 5.41) is 2.23. The number of benzene rings is 1. The van der Waals surface area contributed by atoms with Crippen molar-refractivity contribution in [1.29, 1.82) is 0 Å². The van der Waals surface area contributed by atoms with Gasteiger partial charge in [0, 0.05) is 3.57 Å². The van der Waals surface area contributed by atoms with E-state index in [9.17, 15) is 13.2 Å². The average Bonchev–Trinajstić information content (AvgIpc) is 2.46. The van der Waals surface area contributed by atoms with Crippen LogP contribution in [0.3, 0.4) is 0 Å². The van der Waals surface area contributed by atoms with Crippen molar-refractivity contribution in [2.24, 2.45) is 0 Å². The van der Waals surface area contributed by atoms with E-state index in [0.29, 0.717) is 9.39 Å². The summed E-state index contributed by atoms with van der Waals surface area (Å²) in [6.07, 6.45) is 0. The molecular formula is C12H14CaIN5O4S. The number of sulfonamides is 1. The van der Waals surface area contributed by atoms with E-state index in [4.69, 9.17) is 4.74 Å². The fourth-order valence-electron chi connectivity index (χ4n) is 1.57. The first kappa shape index (κ1) is 21.3. The molecule has 0 bridgehead atoms. The Balaban J connectivity index is 0.00000288. The van der Waals surface area contributed by atoms with E-state index >= 15 is 0 Å². The summed E-state index contributed by atoms with van der Waals surface area (Å²) in [5.74, 6) is 0.192. The summed E-state index contributed by atoms with van der Waals surface area (Å²) in [7, 11) is -2.65. The predicted molar refractivity (Wildman–Crippen MR) is 98.2 cm³/mol. The van der Waals surface area contributed by atoms with E-state index in [1.165, 1.54) is 13.2 Å². The molecule has 2 N–H and O–H groups in total. The molecular weight excluding hydrogens is 477 g/mol. The molecule has 2 amide bonds. The molecule has 0 saturated carbocycles. The molecule has 1 aromatic heterocycles. The number of anilines is 1. The SMILES string of the molecule is COc1nc(C)nc(NC(=O)NS(=O)(=O)c2ccccc2I)n1.[CaH2]. The molecule has 2 aromatic rings. The Hall–Kier alpha value is -0.760. The third-order valence-corrected chi connectivity index (χ3v) is 5.18. The van der Waals surface area contributed by atoms with Gasteiger partial charge >= 0.3 is 49.8 Å². The normalized spacial score (nSPS) is 10.5. The van der Waals surface area contributed by atoms with Crippen molar-refractivity contribution in [3.63, 3.8) is 0 Å². The number of hydrogen-bond donors (Lipinski definition) is 2. The summed E-state index contributed by atoms with van der Waals surface area (Å²) in [5.41, 5.74) is 0. The van der Waals surface area contributed by atoms with Crippen LogP contribution >= 0.6 is 22.6 Å². The van der Waals surface area contributed by atoms with Gasteiger partial charge in [-0.1, -0.05) is 12.1 Å². The van der Waals surface area contributed by atoms with Crippen LogP contribution in [0.25, 0.3) is 0 Å². The molecule has 2 rings (SSSR count). The Labute approximate surface area is 182 Å². The van der Waals surface area contributed by atoms with Crippen LogP contribution in [0.15, 0.2) is 29.2 Å². The molecule has 0 unspecified atom stereocenters. The number of nitrogens with one attached hydrogen (secondary N) is 2. The summed E-state index contributed by atoms with van der Waals surface area (Å²) >= 11 is 1.87. The molecule has 0 aliphatic carbocycles. The number of aryl methyl sites for hydroxylation is 1. The quantitative estimate of drug-likeness (QED) is 0.469. The molecule has 9 nitrogen and oxygen atoms in total. The number of halogens is 1. The third kappa shape index (κ3) is 5.65. The first-order valence-corrected chi connectivity index (χ1v) is 8.73. The monoisotopic (exact) mass is 491 g/mol. The molecule has 0 radical (unpaired) electrons. The van der Waals surface area contributed by atoms with Crippen LogP contribution in [0.2, 0.25) is 0 Å². The van der Waals surface area contributed by atoms with E-state index < -0.39 is 16.1 Å². The fourth-order valence-corrected chi connectivity index (χ4v) is 3.82. The van der Waals surface area contributed by atoms with Gasteiger partial charge in [0.2, 0.25) is 5.95 Å². The molecule has 126 valence electrons. The van der Waals surface area contributed by atoms with Gasteiger partial charge in [-0.2, -0.15) is 15.0 Å². The molecule has 1 aromatic carbocycles. The second-order valence-electron chi connectivity index (χ2n) is 4.18. The maximum absolute atomic E-state index is 12.2. The number of urea groups is 1. The number of carbonyl (C=O) groups is 1. The first-order chi connectivity index (χ1) is 10.8. The van der Waals surface area contributed by atoms with Crippen LogP contribution in [0.5, 0.6) is 6.01 Å². The number of hydrogen-bond acceptors (Lipinski definition) is 7. The van der Waals surface area contributed by atoms with Gasteiger partial charge in [-0.3, -0.25) is 5.32 Å². The summed E-state index contributed by atoms with van der Waals surface area (Å²) < 4.78 is 31.6. The Morgan fingerprint density at radius 1 is 1.21 bits per heavy atom. The van der Waals surface area contributed by atoms with Crippen LogP contribution in [0, 0.1) is 10.5 Å². The summed E-state index contributed by atoms with van der Waals surface area (Å²) in [6.45, 7) is 1.58. The molecule has 0 spiro atoms. The first-order valence-electron chi connectivity index (χ1n) is 6.17. The number of nitrogens with zero attached hydrogens (tertiary/aromatic N) is 3. The van der Waals surface area contributed by atoms with E-state index in [1.807, 2.05) is 27.3 Å². The molecule has 0 fully saturated rings. The number of aromatic nitrogens is 3. The van der Waals surface area contributed by atoms with Crippen molar-refractivity contribution in [1.82, 2.24) is 19.7 Å².